The maximum Gasteiger partial charge on any atom is 0.344 e. The summed E-state index contributed by atoms with van der Waals surface area (Å²) in [5.74, 6) is 0.138. The summed E-state index contributed by atoms with van der Waals surface area (Å²) in [5.41, 5.74) is 1.70. The van der Waals surface area contributed by atoms with E-state index in [-0.39, 0.29) is 18.4 Å². The average molecular weight is 411 g/mol. The molecule has 2 atom stereocenters. The lowest BCUT2D eigenvalue weighted by Crippen LogP contribution is -2.33. The first-order chi connectivity index (χ1) is 14.5. The summed E-state index contributed by atoms with van der Waals surface area (Å²) in [6.45, 7) is 4.30. The summed E-state index contributed by atoms with van der Waals surface area (Å²) in [6, 6.07) is 16.4. The first-order valence-electron chi connectivity index (χ1n) is 10.1. The van der Waals surface area contributed by atoms with Crippen molar-refractivity contribution in [3.8, 4) is 5.75 Å². The molecule has 0 saturated carbocycles. The third kappa shape index (κ3) is 8.19. The molecule has 0 radical (unpaired) electrons. The van der Waals surface area contributed by atoms with Gasteiger partial charge in [-0.2, -0.15) is 0 Å². The minimum absolute atomic E-state index is 0.00783. The van der Waals surface area contributed by atoms with Crippen LogP contribution in [0.25, 0.3) is 6.08 Å². The Hall–Kier alpha value is -2.96. The second-order valence-electron chi connectivity index (χ2n) is 6.81. The SMILES string of the molecule is CCOC(=O)COc1ccc(/C=C/C(=O)CCNC(C)C(O)c2ccccc2)cc1. The normalized spacial score (nSPS) is 13.0. The summed E-state index contributed by atoms with van der Waals surface area (Å²) < 4.78 is 10.1. The quantitative estimate of drug-likeness (QED) is 0.412. The maximum atomic E-state index is 12.1. The molecule has 2 aromatic rings. The Balaban J connectivity index is 1.72. The summed E-state index contributed by atoms with van der Waals surface area (Å²) in [7, 11) is 0. The van der Waals surface area contributed by atoms with E-state index in [1.807, 2.05) is 37.3 Å². The molecule has 0 aliphatic rings. The highest BCUT2D eigenvalue weighted by Gasteiger charge is 2.15. The van der Waals surface area contributed by atoms with Gasteiger partial charge in [0.05, 0.1) is 12.7 Å². The molecule has 0 bridgehead atoms. The standard InChI is InChI=1S/C24H29NO5/c1-3-29-23(27)17-30-22-13-10-19(11-14-22)9-12-21(26)15-16-25-18(2)24(28)20-7-5-4-6-8-20/h4-14,18,24-25,28H,3,15-17H2,1-2H3/b12-9+. The smallest absolute Gasteiger partial charge is 0.344 e. The average Bonchev–Trinajstić information content (AvgIpc) is 2.77. The number of aliphatic hydroxyl groups is 1. The first-order valence-corrected chi connectivity index (χ1v) is 10.1. The number of allylic oxidation sites excluding steroid dienone is 1. The molecular formula is C24H29NO5. The molecule has 6 nitrogen and oxygen atoms in total. The molecular weight excluding hydrogens is 382 g/mol. The number of carbonyl (C=O) groups excluding carboxylic acids is 2. The number of hydrogen-bond acceptors (Lipinski definition) is 6. The van der Waals surface area contributed by atoms with Gasteiger partial charge in [-0.1, -0.05) is 48.5 Å². The third-order valence-corrected chi connectivity index (χ3v) is 4.46. The molecule has 2 unspecified atom stereocenters. The van der Waals surface area contributed by atoms with E-state index in [9.17, 15) is 14.7 Å². The van der Waals surface area contributed by atoms with E-state index in [0.717, 1.165) is 11.1 Å². The molecule has 160 valence electrons. The number of nitrogens with one attached hydrogen (secondary N) is 1. The number of carbonyl (C=O) groups is 2. The van der Waals surface area contributed by atoms with Gasteiger partial charge in [-0.25, -0.2) is 4.79 Å². The molecule has 0 saturated heterocycles. The second-order valence-corrected chi connectivity index (χ2v) is 6.81. The molecule has 2 aromatic carbocycles. The molecule has 2 rings (SSSR count). The van der Waals surface area contributed by atoms with Crippen molar-refractivity contribution >= 4 is 17.8 Å². The van der Waals surface area contributed by atoms with Crippen molar-refractivity contribution < 1.29 is 24.2 Å². The van der Waals surface area contributed by atoms with Gasteiger partial charge in [-0.05, 0) is 43.2 Å². The van der Waals surface area contributed by atoms with E-state index < -0.39 is 12.1 Å². The van der Waals surface area contributed by atoms with E-state index in [1.165, 1.54) is 6.08 Å². The summed E-state index contributed by atoms with van der Waals surface area (Å²) in [4.78, 5) is 23.4. The minimum atomic E-state index is -0.624. The lowest BCUT2D eigenvalue weighted by Gasteiger charge is -2.20. The summed E-state index contributed by atoms with van der Waals surface area (Å²) >= 11 is 0. The number of benzene rings is 2. The van der Waals surface area contributed by atoms with Crippen LogP contribution < -0.4 is 10.1 Å². The molecule has 0 fully saturated rings. The van der Waals surface area contributed by atoms with Crippen molar-refractivity contribution in [2.24, 2.45) is 0 Å². The van der Waals surface area contributed by atoms with Crippen LogP contribution in [0.2, 0.25) is 0 Å². The largest absolute Gasteiger partial charge is 0.482 e. The highest BCUT2D eigenvalue weighted by Crippen LogP contribution is 2.16. The maximum absolute atomic E-state index is 12.1. The third-order valence-electron chi connectivity index (χ3n) is 4.46. The number of rotatable bonds is 12. The Morgan fingerprint density at radius 3 is 2.47 bits per heavy atom. The molecule has 0 aromatic heterocycles. The molecule has 2 N–H and O–H groups in total. The molecule has 0 heterocycles. The fourth-order valence-corrected chi connectivity index (χ4v) is 2.77. The lowest BCUT2D eigenvalue weighted by molar-refractivity contribution is -0.145. The van der Waals surface area contributed by atoms with Crippen molar-refractivity contribution in [3.05, 3.63) is 71.8 Å². The van der Waals surface area contributed by atoms with E-state index in [4.69, 9.17) is 9.47 Å². The van der Waals surface area contributed by atoms with Crippen LogP contribution in [0.5, 0.6) is 5.75 Å². The van der Waals surface area contributed by atoms with Crippen LogP contribution in [0.3, 0.4) is 0 Å². The molecule has 0 aliphatic carbocycles. The first kappa shape index (κ1) is 23.3. The Labute approximate surface area is 177 Å². The van der Waals surface area contributed by atoms with Crippen molar-refractivity contribution in [2.75, 3.05) is 19.8 Å². The van der Waals surface area contributed by atoms with Crippen LogP contribution >= 0.6 is 0 Å². The van der Waals surface area contributed by atoms with E-state index in [2.05, 4.69) is 5.32 Å². The molecule has 6 heteroatoms. The Bertz CT molecular complexity index is 817. The van der Waals surface area contributed by atoms with Crippen LogP contribution in [0.15, 0.2) is 60.7 Å². The molecule has 30 heavy (non-hydrogen) atoms. The van der Waals surface area contributed by atoms with E-state index in [0.29, 0.717) is 25.3 Å². The monoisotopic (exact) mass is 411 g/mol. The van der Waals surface area contributed by atoms with Gasteiger partial charge in [-0.3, -0.25) is 4.79 Å². The van der Waals surface area contributed by atoms with Crippen LogP contribution in [0, 0.1) is 0 Å². The fraction of sp³-hybridized carbons (Fsp3) is 0.333. The zero-order chi connectivity index (χ0) is 21.8. The van der Waals surface area contributed by atoms with Crippen LogP contribution in [-0.4, -0.2) is 42.7 Å². The Kier molecular flexibility index (Phi) is 9.77. The van der Waals surface area contributed by atoms with Gasteiger partial charge >= 0.3 is 5.97 Å². The predicted octanol–water partition coefficient (Wildman–Crippen LogP) is 3.31. The van der Waals surface area contributed by atoms with Crippen LogP contribution in [0.1, 0.15) is 37.5 Å². The number of aliphatic hydroxyl groups excluding tert-OH is 1. The number of hydrogen-bond donors (Lipinski definition) is 2. The fourth-order valence-electron chi connectivity index (χ4n) is 2.77. The number of ketones is 1. The lowest BCUT2D eigenvalue weighted by atomic mass is 10.0. The Morgan fingerprint density at radius 2 is 1.80 bits per heavy atom. The van der Waals surface area contributed by atoms with Crippen LogP contribution in [0.4, 0.5) is 0 Å². The van der Waals surface area contributed by atoms with E-state index >= 15 is 0 Å². The minimum Gasteiger partial charge on any atom is -0.482 e. The van der Waals surface area contributed by atoms with Crippen molar-refractivity contribution in [2.45, 2.75) is 32.4 Å². The van der Waals surface area contributed by atoms with E-state index in [1.54, 1.807) is 37.3 Å². The van der Waals surface area contributed by atoms with Gasteiger partial charge in [0.25, 0.3) is 0 Å². The Morgan fingerprint density at radius 1 is 1.10 bits per heavy atom. The van der Waals surface area contributed by atoms with Gasteiger partial charge in [0.1, 0.15) is 5.75 Å². The van der Waals surface area contributed by atoms with Crippen molar-refractivity contribution in [1.82, 2.24) is 5.32 Å². The zero-order valence-corrected chi connectivity index (χ0v) is 17.4. The number of esters is 1. The number of ether oxygens (including phenoxy) is 2. The molecule has 0 spiro atoms. The second kappa shape index (κ2) is 12.6. The van der Waals surface area contributed by atoms with Gasteiger partial charge < -0.3 is 19.9 Å². The van der Waals surface area contributed by atoms with Gasteiger partial charge in [0.2, 0.25) is 0 Å². The highest BCUT2D eigenvalue weighted by atomic mass is 16.6. The van der Waals surface area contributed by atoms with Crippen molar-refractivity contribution in [3.63, 3.8) is 0 Å². The molecule has 0 aliphatic heterocycles. The zero-order valence-electron chi connectivity index (χ0n) is 17.4. The van der Waals surface area contributed by atoms with Crippen LogP contribution in [-0.2, 0) is 14.3 Å². The highest BCUT2D eigenvalue weighted by molar-refractivity contribution is 5.93. The summed E-state index contributed by atoms with van der Waals surface area (Å²) in [5, 5.41) is 13.5. The predicted molar refractivity (Wildman–Crippen MR) is 116 cm³/mol. The van der Waals surface area contributed by atoms with Crippen molar-refractivity contribution in [1.29, 1.82) is 0 Å². The summed E-state index contributed by atoms with van der Waals surface area (Å²) in [6.07, 6.45) is 2.98. The van der Waals surface area contributed by atoms with Gasteiger partial charge in [0.15, 0.2) is 12.4 Å². The molecule has 0 amide bonds. The topological polar surface area (TPSA) is 84.9 Å². The van der Waals surface area contributed by atoms with Gasteiger partial charge in [-0.15, -0.1) is 0 Å². The van der Waals surface area contributed by atoms with Gasteiger partial charge in [0, 0.05) is 19.0 Å².